The predicted octanol–water partition coefficient (Wildman–Crippen LogP) is 3.40. The topological polar surface area (TPSA) is 0 Å². The van der Waals surface area contributed by atoms with Crippen LogP contribution in [0.4, 0.5) is 0 Å². The normalized spacial score (nSPS) is 26.9. The van der Waals surface area contributed by atoms with Gasteiger partial charge in [-0.25, -0.2) is 0 Å². The fourth-order valence-corrected chi connectivity index (χ4v) is 0.945. The van der Waals surface area contributed by atoms with Crippen LogP contribution in [0.15, 0.2) is 48.6 Å². The van der Waals surface area contributed by atoms with Crippen LogP contribution >= 0.6 is 0 Å². The second-order valence-corrected chi connectivity index (χ2v) is 2.53. The van der Waals surface area contributed by atoms with Crippen LogP contribution in [0.3, 0.4) is 0 Å². The zero-order valence-corrected chi connectivity index (χ0v) is 6.74. The van der Waals surface area contributed by atoms with E-state index in [1.807, 2.05) is 0 Å². The lowest BCUT2D eigenvalue weighted by atomic mass is 10.2. The smallest absolute Gasteiger partial charge is 0.0166 e. The third kappa shape index (κ3) is 4.38. The van der Waals surface area contributed by atoms with Crippen LogP contribution in [0.25, 0.3) is 0 Å². The highest BCUT2D eigenvalue weighted by Crippen LogP contribution is 1.97. The molecule has 11 heavy (non-hydrogen) atoms. The molecule has 0 aliphatic heterocycles. The SMILES string of the molecule is C1=CCC\C=C/C=C\C=C/C1. The molecule has 0 fully saturated rings. The Hall–Kier alpha value is -1.04. The molecule has 0 spiro atoms. The van der Waals surface area contributed by atoms with Crippen LogP contribution in [-0.4, -0.2) is 0 Å². The Morgan fingerprint density at radius 2 is 1.27 bits per heavy atom. The Morgan fingerprint density at radius 3 is 2.18 bits per heavy atom. The highest BCUT2D eigenvalue weighted by Gasteiger charge is 1.76. The third-order valence-electron chi connectivity index (χ3n) is 1.54. The van der Waals surface area contributed by atoms with E-state index in [9.17, 15) is 0 Å². The fraction of sp³-hybridized carbons (Fsp3) is 0.273. The van der Waals surface area contributed by atoms with Crippen molar-refractivity contribution in [2.24, 2.45) is 0 Å². The minimum Gasteiger partial charge on any atom is -0.0879 e. The third-order valence-corrected chi connectivity index (χ3v) is 1.54. The minimum atomic E-state index is 1.06. The van der Waals surface area contributed by atoms with Crippen LogP contribution in [-0.2, 0) is 0 Å². The summed E-state index contributed by atoms with van der Waals surface area (Å²) in [5.74, 6) is 0. The summed E-state index contributed by atoms with van der Waals surface area (Å²) in [5.41, 5.74) is 0. The first-order valence-corrected chi connectivity index (χ1v) is 4.13. The van der Waals surface area contributed by atoms with Crippen molar-refractivity contribution in [2.45, 2.75) is 19.3 Å². The average Bonchev–Trinajstić information content (AvgIpc) is 2.08. The number of hydrogen-bond donors (Lipinski definition) is 0. The van der Waals surface area contributed by atoms with Gasteiger partial charge in [0.05, 0.1) is 0 Å². The Balaban J connectivity index is 2.47. The van der Waals surface area contributed by atoms with Crippen molar-refractivity contribution in [1.29, 1.82) is 0 Å². The molecule has 0 N–H and O–H groups in total. The molecule has 0 saturated carbocycles. The summed E-state index contributed by atoms with van der Waals surface area (Å²) in [6.07, 6.45) is 20.5. The predicted molar refractivity (Wildman–Crippen MR) is 50.4 cm³/mol. The van der Waals surface area contributed by atoms with E-state index in [4.69, 9.17) is 0 Å². The Bertz CT molecular complexity index is 192. The summed E-state index contributed by atoms with van der Waals surface area (Å²) < 4.78 is 0. The van der Waals surface area contributed by atoms with Gasteiger partial charge in [-0.2, -0.15) is 0 Å². The molecule has 0 radical (unpaired) electrons. The second kappa shape index (κ2) is 5.72. The number of allylic oxidation sites excluding steroid dienone is 8. The lowest BCUT2D eigenvalue weighted by molar-refractivity contribution is 1.04. The molecule has 0 atom stereocenters. The minimum absolute atomic E-state index is 1.06. The Kier molecular flexibility index (Phi) is 4.19. The lowest BCUT2D eigenvalue weighted by Gasteiger charge is -1.83. The van der Waals surface area contributed by atoms with Crippen molar-refractivity contribution in [1.82, 2.24) is 0 Å². The lowest BCUT2D eigenvalue weighted by Crippen LogP contribution is -1.63. The van der Waals surface area contributed by atoms with Crippen molar-refractivity contribution in [3.8, 4) is 0 Å². The summed E-state index contributed by atoms with van der Waals surface area (Å²) in [6, 6.07) is 0. The molecule has 0 heteroatoms. The van der Waals surface area contributed by atoms with Gasteiger partial charge >= 0.3 is 0 Å². The fourth-order valence-electron chi connectivity index (χ4n) is 0.945. The maximum Gasteiger partial charge on any atom is -0.0166 e. The van der Waals surface area contributed by atoms with Crippen LogP contribution in [0, 0.1) is 0 Å². The Morgan fingerprint density at radius 1 is 0.545 bits per heavy atom. The molecular weight excluding hydrogens is 132 g/mol. The quantitative estimate of drug-likeness (QED) is 0.459. The van der Waals surface area contributed by atoms with Gasteiger partial charge in [-0.15, -0.1) is 0 Å². The first kappa shape index (κ1) is 8.06. The molecule has 1 aliphatic carbocycles. The molecule has 0 aromatic rings. The van der Waals surface area contributed by atoms with Gasteiger partial charge in [-0.1, -0.05) is 48.6 Å². The molecule has 0 bridgehead atoms. The van der Waals surface area contributed by atoms with Crippen molar-refractivity contribution < 1.29 is 0 Å². The molecule has 0 aromatic carbocycles. The summed E-state index contributed by atoms with van der Waals surface area (Å²) in [4.78, 5) is 0. The van der Waals surface area contributed by atoms with E-state index in [0.717, 1.165) is 19.3 Å². The monoisotopic (exact) mass is 146 g/mol. The van der Waals surface area contributed by atoms with E-state index in [-0.39, 0.29) is 0 Å². The first-order valence-electron chi connectivity index (χ1n) is 4.13. The largest absolute Gasteiger partial charge is 0.0879 e. The van der Waals surface area contributed by atoms with Gasteiger partial charge in [0.2, 0.25) is 0 Å². The number of hydrogen-bond acceptors (Lipinski definition) is 0. The molecule has 0 unspecified atom stereocenters. The van der Waals surface area contributed by atoms with Crippen molar-refractivity contribution in [2.75, 3.05) is 0 Å². The molecule has 0 amide bonds. The van der Waals surface area contributed by atoms with Gasteiger partial charge in [0, 0.05) is 0 Å². The molecular formula is C11H14. The van der Waals surface area contributed by atoms with E-state index in [1.165, 1.54) is 0 Å². The molecule has 1 rings (SSSR count). The van der Waals surface area contributed by atoms with Crippen molar-refractivity contribution in [3.05, 3.63) is 48.6 Å². The second-order valence-electron chi connectivity index (χ2n) is 2.53. The van der Waals surface area contributed by atoms with Gasteiger partial charge in [0.15, 0.2) is 0 Å². The molecule has 0 aromatic heterocycles. The van der Waals surface area contributed by atoms with Gasteiger partial charge in [0.1, 0.15) is 0 Å². The van der Waals surface area contributed by atoms with Crippen LogP contribution in [0.5, 0.6) is 0 Å². The first-order chi connectivity index (χ1) is 5.50. The van der Waals surface area contributed by atoms with Crippen molar-refractivity contribution in [3.63, 3.8) is 0 Å². The highest BCUT2D eigenvalue weighted by atomic mass is 13.8. The summed E-state index contributed by atoms with van der Waals surface area (Å²) in [6.45, 7) is 0. The highest BCUT2D eigenvalue weighted by molar-refractivity contribution is 5.12. The van der Waals surface area contributed by atoms with E-state index in [1.54, 1.807) is 0 Å². The van der Waals surface area contributed by atoms with Crippen LogP contribution in [0.2, 0.25) is 0 Å². The standard InChI is InChI=1S/C11H14/c1-2-4-6-8-10-11-9-7-5-3-1/h1-6,9,11H,7-8,10H2/b2-1-,5-3-,6-4-,11-9?. The average molecular weight is 146 g/mol. The summed E-state index contributed by atoms with van der Waals surface area (Å²) in [7, 11) is 0. The van der Waals surface area contributed by atoms with E-state index in [0.29, 0.717) is 0 Å². The molecule has 1 aliphatic rings. The molecule has 0 heterocycles. The summed E-state index contributed by atoms with van der Waals surface area (Å²) >= 11 is 0. The van der Waals surface area contributed by atoms with Gasteiger partial charge in [-0.05, 0) is 19.3 Å². The molecule has 58 valence electrons. The van der Waals surface area contributed by atoms with E-state index in [2.05, 4.69) is 48.6 Å². The number of rotatable bonds is 0. The van der Waals surface area contributed by atoms with E-state index < -0.39 is 0 Å². The van der Waals surface area contributed by atoms with Crippen LogP contribution in [0.1, 0.15) is 19.3 Å². The zero-order valence-electron chi connectivity index (χ0n) is 6.74. The summed E-state index contributed by atoms with van der Waals surface area (Å²) in [5, 5.41) is 0. The zero-order chi connectivity index (χ0) is 7.78. The van der Waals surface area contributed by atoms with Crippen molar-refractivity contribution >= 4 is 0 Å². The van der Waals surface area contributed by atoms with Crippen LogP contribution < -0.4 is 0 Å². The molecule has 0 saturated heterocycles. The van der Waals surface area contributed by atoms with Gasteiger partial charge < -0.3 is 0 Å². The maximum atomic E-state index is 2.24. The van der Waals surface area contributed by atoms with E-state index >= 15 is 0 Å². The van der Waals surface area contributed by atoms with Gasteiger partial charge in [0.25, 0.3) is 0 Å². The maximum absolute atomic E-state index is 2.24. The Labute approximate surface area is 68.6 Å². The van der Waals surface area contributed by atoms with Gasteiger partial charge in [-0.3, -0.25) is 0 Å². The molecule has 0 nitrogen and oxygen atoms in total.